The first kappa shape index (κ1) is 23.5. The van der Waals surface area contributed by atoms with Gasteiger partial charge in [0.2, 0.25) is 0 Å². The maximum absolute atomic E-state index is 5.68. The van der Waals surface area contributed by atoms with Crippen LogP contribution in [0.1, 0.15) is 51.7 Å². The zero-order chi connectivity index (χ0) is 21.1. The molecular weight excluding hydrogens is 364 g/mol. The van der Waals surface area contributed by atoms with Crippen LogP contribution in [-0.2, 0) is 11.3 Å². The lowest BCUT2D eigenvalue weighted by atomic mass is 10.1. The highest BCUT2D eigenvalue weighted by atomic mass is 16.5. The van der Waals surface area contributed by atoms with Crippen LogP contribution in [0.15, 0.2) is 23.2 Å². The Morgan fingerprint density at radius 1 is 1.24 bits per heavy atom. The van der Waals surface area contributed by atoms with Crippen LogP contribution in [0.3, 0.4) is 0 Å². The van der Waals surface area contributed by atoms with Crippen LogP contribution in [0.5, 0.6) is 5.75 Å². The van der Waals surface area contributed by atoms with Crippen molar-refractivity contribution in [2.24, 2.45) is 4.99 Å². The topological polar surface area (TPSA) is 58.1 Å². The summed E-state index contributed by atoms with van der Waals surface area (Å²) in [5.74, 6) is 1.86. The monoisotopic (exact) mass is 404 g/mol. The molecule has 1 heterocycles. The number of benzene rings is 1. The van der Waals surface area contributed by atoms with Crippen LogP contribution in [0.4, 0.5) is 0 Å². The van der Waals surface area contributed by atoms with Gasteiger partial charge in [-0.2, -0.15) is 0 Å². The van der Waals surface area contributed by atoms with Crippen LogP contribution in [0.2, 0.25) is 0 Å². The Morgan fingerprint density at radius 3 is 2.62 bits per heavy atom. The lowest BCUT2D eigenvalue weighted by Crippen LogP contribution is -2.49. The molecule has 164 valence electrons. The van der Waals surface area contributed by atoms with Gasteiger partial charge in [0.1, 0.15) is 5.75 Å². The molecule has 0 aliphatic carbocycles. The Hall–Kier alpha value is -1.79. The van der Waals surface area contributed by atoms with E-state index in [2.05, 4.69) is 55.4 Å². The van der Waals surface area contributed by atoms with Gasteiger partial charge >= 0.3 is 0 Å². The molecule has 2 N–H and O–H groups in total. The summed E-state index contributed by atoms with van der Waals surface area (Å²) in [6, 6.07) is 6.78. The molecule has 0 bridgehead atoms. The van der Waals surface area contributed by atoms with E-state index in [1.807, 2.05) is 13.0 Å². The number of guanidine groups is 1. The van der Waals surface area contributed by atoms with Crippen molar-refractivity contribution in [2.45, 2.75) is 66.2 Å². The first-order valence-corrected chi connectivity index (χ1v) is 11.1. The summed E-state index contributed by atoms with van der Waals surface area (Å²) in [4.78, 5) is 7.30. The van der Waals surface area contributed by atoms with Crippen molar-refractivity contribution < 1.29 is 9.47 Å². The number of ether oxygens (including phenoxy) is 2. The smallest absolute Gasteiger partial charge is 0.191 e. The van der Waals surface area contributed by atoms with Gasteiger partial charge in [-0.3, -0.25) is 0 Å². The fourth-order valence-electron chi connectivity index (χ4n) is 3.53. The minimum Gasteiger partial charge on any atom is -0.494 e. The maximum atomic E-state index is 5.68. The zero-order valence-electron chi connectivity index (χ0n) is 19.0. The van der Waals surface area contributed by atoms with Crippen LogP contribution in [0, 0.1) is 6.92 Å². The Morgan fingerprint density at radius 2 is 2.00 bits per heavy atom. The molecule has 0 spiro atoms. The van der Waals surface area contributed by atoms with Crippen LogP contribution < -0.4 is 15.4 Å². The van der Waals surface area contributed by atoms with Crippen molar-refractivity contribution in [3.63, 3.8) is 0 Å². The first-order valence-electron chi connectivity index (χ1n) is 11.1. The van der Waals surface area contributed by atoms with E-state index in [0.29, 0.717) is 25.3 Å². The van der Waals surface area contributed by atoms with Crippen molar-refractivity contribution in [3.05, 3.63) is 29.3 Å². The van der Waals surface area contributed by atoms with Crippen LogP contribution in [0.25, 0.3) is 0 Å². The van der Waals surface area contributed by atoms with Crippen molar-refractivity contribution >= 4 is 5.96 Å². The SMILES string of the molecule is CCNC(=NCc1ccc(OCC)c(C)c1)NC1CCN(CCOC(C)C)CC1. The van der Waals surface area contributed by atoms with Gasteiger partial charge in [0, 0.05) is 32.2 Å². The van der Waals surface area contributed by atoms with E-state index in [1.54, 1.807) is 0 Å². The Bertz CT molecular complexity index is 625. The van der Waals surface area contributed by atoms with Gasteiger partial charge in [-0.05, 0) is 64.7 Å². The van der Waals surface area contributed by atoms with Gasteiger partial charge in [0.05, 0.1) is 25.9 Å². The molecule has 1 aliphatic heterocycles. The molecule has 1 aromatic carbocycles. The summed E-state index contributed by atoms with van der Waals surface area (Å²) < 4.78 is 11.3. The van der Waals surface area contributed by atoms with Gasteiger partial charge in [-0.15, -0.1) is 0 Å². The fourth-order valence-corrected chi connectivity index (χ4v) is 3.53. The second-order valence-corrected chi connectivity index (χ2v) is 7.91. The highest BCUT2D eigenvalue weighted by molar-refractivity contribution is 5.80. The van der Waals surface area contributed by atoms with Crippen molar-refractivity contribution in [2.75, 3.05) is 39.4 Å². The van der Waals surface area contributed by atoms with E-state index in [9.17, 15) is 0 Å². The molecule has 1 aromatic rings. The van der Waals surface area contributed by atoms with E-state index in [1.165, 1.54) is 5.56 Å². The fraction of sp³-hybridized carbons (Fsp3) is 0.696. The first-order chi connectivity index (χ1) is 14.0. The third-order valence-corrected chi connectivity index (χ3v) is 5.09. The van der Waals surface area contributed by atoms with E-state index < -0.39 is 0 Å². The molecule has 1 fully saturated rings. The molecule has 6 nitrogen and oxygen atoms in total. The predicted octanol–water partition coefficient (Wildman–Crippen LogP) is 3.34. The van der Waals surface area contributed by atoms with Crippen molar-refractivity contribution in [1.29, 1.82) is 0 Å². The second-order valence-electron chi connectivity index (χ2n) is 7.91. The molecule has 2 rings (SSSR count). The summed E-state index contributed by atoms with van der Waals surface area (Å²) in [6.07, 6.45) is 2.58. The lowest BCUT2D eigenvalue weighted by molar-refractivity contribution is 0.0532. The normalized spacial score (nSPS) is 16.3. The molecule has 6 heteroatoms. The number of piperidine rings is 1. The van der Waals surface area contributed by atoms with Gasteiger partial charge in [0.15, 0.2) is 5.96 Å². The Labute approximate surface area is 177 Å². The molecule has 0 unspecified atom stereocenters. The zero-order valence-corrected chi connectivity index (χ0v) is 19.0. The number of likely N-dealkylation sites (tertiary alicyclic amines) is 1. The summed E-state index contributed by atoms with van der Waals surface area (Å²) in [5.41, 5.74) is 2.36. The number of rotatable bonds is 10. The summed E-state index contributed by atoms with van der Waals surface area (Å²) >= 11 is 0. The highest BCUT2D eigenvalue weighted by Gasteiger charge is 2.19. The van der Waals surface area contributed by atoms with Crippen molar-refractivity contribution in [3.8, 4) is 5.75 Å². The van der Waals surface area contributed by atoms with E-state index in [4.69, 9.17) is 14.5 Å². The third-order valence-electron chi connectivity index (χ3n) is 5.09. The molecular formula is C23H40N4O2. The molecule has 1 aliphatic rings. The van der Waals surface area contributed by atoms with Gasteiger partial charge in [-0.1, -0.05) is 12.1 Å². The number of nitrogens with one attached hydrogen (secondary N) is 2. The predicted molar refractivity (Wildman–Crippen MR) is 121 cm³/mol. The number of aliphatic imine (C=N–C) groups is 1. The summed E-state index contributed by atoms with van der Waals surface area (Å²) in [7, 11) is 0. The second kappa shape index (κ2) is 12.7. The average Bonchev–Trinajstić information content (AvgIpc) is 2.69. The van der Waals surface area contributed by atoms with E-state index >= 15 is 0 Å². The third kappa shape index (κ3) is 8.62. The molecule has 0 atom stereocenters. The van der Waals surface area contributed by atoms with Gasteiger partial charge < -0.3 is 25.0 Å². The van der Waals surface area contributed by atoms with Crippen molar-refractivity contribution in [1.82, 2.24) is 15.5 Å². The minimum absolute atomic E-state index is 0.312. The number of aryl methyl sites for hydroxylation is 1. The van der Waals surface area contributed by atoms with E-state index in [0.717, 1.165) is 62.9 Å². The quantitative estimate of drug-likeness (QED) is 0.463. The standard InChI is InChI=1S/C23H40N4O2/c1-6-24-23(25-17-20-8-9-22(28-7-2)19(5)16-20)26-21-10-12-27(13-11-21)14-15-29-18(3)4/h8-9,16,18,21H,6-7,10-15,17H2,1-5H3,(H2,24,25,26). The van der Waals surface area contributed by atoms with E-state index in [-0.39, 0.29) is 0 Å². The van der Waals surface area contributed by atoms with Crippen LogP contribution in [-0.4, -0.2) is 62.4 Å². The Balaban J connectivity index is 1.83. The molecule has 1 saturated heterocycles. The largest absolute Gasteiger partial charge is 0.494 e. The van der Waals surface area contributed by atoms with Gasteiger partial charge in [0.25, 0.3) is 0 Å². The molecule has 0 radical (unpaired) electrons. The minimum atomic E-state index is 0.312. The summed E-state index contributed by atoms with van der Waals surface area (Å²) in [6.45, 7) is 16.7. The summed E-state index contributed by atoms with van der Waals surface area (Å²) in [5, 5.41) is 7.01. The number of hydrogen-bond donors (Lipinski definition) is 2. The number of nitrogens with zero attached hydrogens (tertiary/aromatic N) is 2. The molecule has 0 saturated carbocycles. The maximum Gasteiger partial charge on any atom is 0.191 e. The average molecular weight is 405 g/mol. The molecule has 0 amide bonds. The Kier molecular flexibility index (Phi) is 10.3. The van der Waals surface area contributed by atoms with Gasteiger partial charge in [-0.25, -0.2) is 4.99 Å². The van der Waals surface area contributed by atoms with Crippen LogP contribution >= 0.6 is 0 Å². The lowest BCUT2D eigenvalue weighted by Gasteiger charge is -2.33. The molecule has 0 aromatic heterocycles. The number of hydrogen-bond acceptors (Lipinski definition) is 4. The highest BCUT2D eigenvalue weighted by Crippen LogP contribution is 2.19. The molecule has 29 heavy (non-hydrogen) atoms.